The molecule has 0 spiro atoms. The summed E-state index contributed by atoms with van der Waals surface area (Å²) < 4.78 is 5.52. The molecule has 2 rings (SSSR count). The van der Waals surface area contributed by atoms with E-state index in [-0.39, 0.29) is 6.09 Å². The van der Waals surface area contributed by atoms with Crippen LogP contribution >= 0.6 is 0 Å². The first-order valence-electron chi connectivity index (χ1n) is 7.41. The van der Waals surface area contributed by atoms with Crippen LogP contribution < -0.4 is 4.90 Å². The number of nitrogens with zero attached hydrogens (tertiary/aromatic N) is 1. The quantitative estimate of drug-likeness (QED) is 0.755. The zero-order chi connectivity index (χ0) is 14.9. The van der Waals surface area contributed by atoms with Crippen LogP contribution in [0.25, 0.3) is 0 Å². The van der Waals surface area contributed by atoms with E-state index in [9.17, 15) is 4.79 Å². The lowest BCUT2D eigenvalue weighted by atomic mass is 9.95. The van der Waals surface area contributed by atoms with Crippen molar-refractivity contribution < 1.29 is 9.53 Å². The van der Waals surface area contributed by atoms with Gasteiger partial charge in [-0.2, -0.15) is 0 Å². The van der Waals surface area contributed by atoms with Crippen molar-refractivity contribution in [3.8, 4) is 0 Å². The van der Waals surface area contributed by atoms with E-state index < -0.39 is 5.60 Å². The van der Waals surface area contributed by atoms with Crippen LogP contribution in [0.2, 0.25) is 0 Å². The lowest BCUT2D eigenvalue weighted by Crippen LogP contribution is -2.39. The summed E-state index contributed by atoms with van der Waals surface area (Å²) in [6.07, 6.45) is 1.79. The van der Waals surface area contributed by atoms with E-state index in [2.05, 4.69) is 32.0 Å². The van der Waals surface area contributed by atoms with Crippen molar-refractivity contribution in [2.24, 2.45) is 0 Å². The number of rotatable bonds is 1. The standard InChI is InChI=1S/C17H25NO2/c1-12(2)14-9-8-13-7-6-10-18(15(13)11-14)16(19)20-17(3,4)5/h8-9,11-12H,6-7,10H2,1-5H3. The second-order valence-electron chi connectivity index (χ2n) is 6.78. The van der Waals surface area contributed by atoms with E-state index in [0.717, 1.165) is 25.1 Å². The van der Waals surface area contributed by atoms with Gasteiger partial charge in [-0.3, -0.25) is 4.90 Å². The first-order valence-corrected chi connectivity index (χ1v) is 7.41. The average Bonchev–Trinajstić information content (AvgIpc) is 2.35. The highest BCUT2D eigenvalue weighted by Gasteiger charge is 2.27. The number of ether oxygens (including phenoxy) is 1. The van der Waals surface area contributed by atoms with Crippen LogP contribution in [-0.2, 0) is 11.2 Å². The SMILES string of the molecule is CC(C)c1ccc2c(c1)N(C(=O)OC(C)(C)C)CCC2. The summed E-state index contributed by atoms with van der Waals surface area (Å²) in [4.78, 5) is 14.1. The molecule has 0 saturated heterocycles. The molecule has 0 radical (unpaired) electrons. The van der Waals surface area contributed by atoms with Gasteiger partial charge in [0.25, 0.3) is 0 Å². The average molecular weight is 275 g/mol. The smallest absolute Gasteiger partial charge is 0.414 e. The normalized spacial score (nSPS) is 15.2. The number of hydrogen-bond donors (Lipinski definition) is 0. The first-order chi connectivity index (χ1) is 9.28. The highest BCUT2D eigenvalue weighted by molar-refractivity contribution is 5.89. The molecule has 1 aromatic carbocycles. The van der Waals surface area contributed by atoms with E-state index in [1.807, 2.05) is 20.8 Å². The summed E-state index contributed by atoms with van der Waals surface area (Å²) >= 11 is 0. The van der Waals surface area contributed by atoms with Gasteiger partial charge in [-0.25, -0.2) is 4.79 Å². The lowest BCUT2D eigenvalue weighted by Gasteiger charge is -2.32. The molecule has 0 aliphatic carbocycles. The van der Waals surface area contributed by atoms with Gasteiger partial charge >= 0.3 is 6.09 Å². The molecule has 110 valence electrons. The van der Waals surface area contributed by atoms with Crippen molar-refractivity contribution in [3.05, 3.63) is 29.3 Å². The number of aryl methyl sites for hydroxylation is 1. The van der Waals surface area contributed by atoms with Gasteiger partial charge < -0.3 is 4.74 Å². The summed E-state index contributed by atoms with van der Waals surface area (Å²) in [5, 5.41) is 0. The number of amides is 1. The summed E-state index contributed by atoms with van der Waals surface area (Å²) in [6.45, 7) is 10.8. The molecule has 1 heterocycles. The van der Waals surface area contributed by atoms with Gasteiger partial charge in [-0.05, 0) is 56.7 Å². The summed E-state index contributed by atoms with van der Waals surface area (Å²) in [5.74, 6) is 0.461. The predicted octanol–water partition coefficient (Wildman–Crippen LogP) is 4.50. The van der Waals surface area contributed by atoms with Crippen molar-refractivity contribution in [1.29, 1.82) is 0 Å². The molecule has 1 amide bonds. The lowest BCUT2D eigenvalue weighted by molar-refractivity contribution is 0.0578. The number of benzene rings is 1. The molecule has 3 nitrogen and oxygen atoms in total. The van der Waals surface area contributed by atoms with E-state index in [1.54, 1.807) is 4.90 Å². The molecule has 1 aromatic rings. The second kappa shape index (κ2) is 5.47. The van der Waals surface area contributed by atoms with Crippen LogP contribution in [0.3, 0.4) is 0 Å². The summed E-state index contributed by atoms with van der Waals surface area (Å²) in [5.41, 5.74) is 3.08. The van der Waals surface area contributed by atoms with Crippen molar-refractivity contribution >= 4 is 11.8 Å². The molecule has 0 saturated carbocycles. The molecule has 0 aromatic heterocycles. The fourth-order valence-electron chi connectivity index (χ4n) is 2.46. The summed E-state index contributed by atoms with van der Waals surface area (Å²) in [6, 6.07) is 6.46. The molecule has 1 aliphatic rings. The number of carbonyl (C=O) groups excluding carboxylic acids is 1. The highest BCUT2D eigenvalue weighted by Crippen LogP contribution is 2.31. The molecular formula is C17H25NO2. The Kier molecular flexibility index (Phi) is 4.07. The van der Waals surface area contributed by atoms with Crippen LogP contribution in [-0.4, -0.2) is 18.2 Å². The molecule has 20 heavy (non-hydrogen) atoms. The van der Waals surface area contributed by atoms with E-state index in [0.29, 0.717) is 5.92 Å². The predicted molar refractivity (Wildman–Crippen MR) is 82.4 cm³/mol. The molecule has 3 heteroatoms. The van der Waals surface area contributed by atoms with Crippen LogP contribution in [0.4, 0.5) is 10.5 Å². The van der Waals surface area contributed by atoms with Gasteiger partial charge in [0.05, 0.1) is 5.69 Å². The Labute approximate surface area is 121 Å². The Hall–Kier alpha value is -1.51. The van der Waals surface area contributed by atoms with Crippen LogP contribution in [0.5, 0.6) is 0 Å². The van der Waals surface area contributed by atoms with Crippen molar-refractivity contribution in [2.75, 3.05) is 11.4 Å². The van der Waals surface area contributed by atoms with Crippen LogP contribution in [0, 0.1) is 0 Å². The maximum absolute atomic E-state index is 12.4. The van der Waals surface area contributed by atoms with E-state index >= 15 is 0 Å². The minimum absolute atomic E-state index is 0.237. The van der Waals surface area contributed by atoms with E-state index in [1.165, 1.54) is 11.1 Å². The third kappa shape index (κ3) is 3.33. The molecule has 1 aliphatic heterocycles. The molecule has 0 unspecified atom stereocenters. The molecule has 0 atom stereocenters. The van der Waals surface area contributed by atoms with Gasteiger partial charge in [0.1, 0.15) is 5.60 Å². The number of fused-ring (bicyclic) bond motifs is 1. The minimum Gasteiger partial charge on any atom is -0.443 e. The van der Waals surface area contributed by atoms with E-state index in [4.69, 9.17) is 4.74 Å². The molecule has 0 N–H and O–H groups in total. The van der Waals surface area contributed by atoms with Gasteiger partial charge in [0.15, 0.2) is 0 Å². The minimum atomic E-state index is -0.454. The Balaban J connectivity index is 2.31. The zero-order valence-electron chi connectivity index (χ0n) is 13.2. The number of carbonyl (C=O) groups is 1. The fraction of sp³-hybridized carbons (Fsp3) is 0.588. The summed E-state index contributed by atoms with van der Waals surface area (Å²) in [7, 11) is 0. The fourth-order valence-corrected chi connectivity index (χ4v) is 2.46. The molecular weight excluding hydrogens is 250 g/mol. The first kappa shape index (κ1) is 14.9. The van der Waals surface area contributed by atoms with Gasteiger partial charge in [0.2, 0.25) is 0 Å². The monoisotopic (exact) mass is 275 g/mol. The van der Waals surface area contributed by atoms with Crippen LogP contribution in [0.15, 0.2) is 18.2 Å². The maximum Gasteiger partial charge on any atom is 0.414 e. The third-order valence-electron chi connectivity index (χ3n) is 3.51. The topological polar surface area (TPSA) is 29.5 Å². The number of anilines is 1. The molecule has 0 fully saturated rings. The molecule has 0 bridgehead atoms. The Morgan fingerprint density at radius 2 is 2.00 bits per heavy atom. The van der Waals surface area contributed by atoms with Crippen molar-refractivity contribution in [1.82, 2.24) is 0 Å². The largest absolute Gasteiger partial charge is 0.443 e. The third-order valence-corrected chi connectivity index (χ3v) is 3.51. The van der Waals surface area contributed by atoms with Crippen molar-refractivity contribution in [3.63, 3.8) is 0 Å². The van der Waals surface area contributed by atoms with Gasteiger partial charge in [-0.15, -0.1) is 0 Å². The Morgan fingerprint density at radius 1 is 1.30 bits per heavy atom. The Morgan fingerprint density at radius 3 is 2.60 bits per heavy atom. The maximum atomic E-state index is 12.4. The zero-order valence-corrected chi connectivity index (χ0v) is 13.2. The van der Waals surface area contributed by atoms with Gasteiger partial charge in [-0.1, -0.05) is 26.0 Å². The Bertz CT molecular complexity index is 500. The second-order valence-corrected chi connectivity index (χ2v) is 6.78. The van der Waals surface area contributed by atoms with Crippen molar-refractivity contribution in [2.45, 2.75) is 59.0 Å². The van der Waals surface area contributed by atoms with Crippen LogP contribution in [0.1, 0.15) is 58.1 Å². The highest BCUT2D eigenvalue weighted by atomic mass is 16.6. The van der Waals surface area contributed by atoms with Gasteiger partial charge in [0, 0.05) is 6.54 Å². The number of hydrogen-bond acceptors (Lipinski definition) is 2.